The van der Waals surface area contributed by atoms with E-state index in [1.54, 1.807) is 23.1 Å². The summed E-state index contributed by atoms with van der Waals surface area (Å²) in [5.41, 5.74) is -0.679. The molecule has 0 aliphatic rings. The van der Waals surface area contributed by atoms with Crippen LogP contribution in [-0.4, -0.2) is 16.4 Å². The monoisotopic (exact) mass is 256 g/mol. The van der Waals surface area contributed by atoms with Gasteiger partial charge in [-0.1, -0.05) is 0 Å². The Balaban J connectivity index is 1.87. The van der Waals surface area contributed by atoms with Crippen molar-refractivity contribution in [3.63, 3.8) is 0 Å². The summed E-state index contributed by atoms with van der Waals surface area (Å²) in [6.45, 7) is 0.904. The van der Waals surface area contributed by atoms with Crippen LogP contribution in [0.1, 0.15) is 5.56 Å². The lowest BCUT2D eigenvalue weighted by Gasteiger charge is -2.09. The minimum atomic E-state index is -4.31. The van der Waals surface area contributed by atoms with Crippen molar-refractivity contribution in [1.29, 1.82) is 0 Å². The number of halogens is 3. The van der Waals surface area contributed by atoms with Gasteiger partial charge in [0, 0.05) is 12.4 Å². The van der Waals surface area contributed by atoms with E-state index in [-0.39, 0.29) is 0 Å². The van der Waals surface area contributed by atoms with Gasteiger partial charge in [-0.25, -0.2) is 0 Å². The van der Waals surface area contributed by atoms with Crippen LogP contribution in [0.25, 0.3) is 0 Å². The van der Waals surface area contributed by atoms with E-state index < -0.39 is 11.7 Å². The number of nitrogens with zero attached hydrogens (tertiary/aromatic N) is 2. The van der Waals surface area contributed by atoms with Crippen LogP contribution in [0.5, 0.6) is 5.75 Å². The molecule has 2 aromatic rings. The van der Waals surface area contributed by atoms with Crippen molar-refractivity contribution in [2.45, 2.75) is 12.7 Å². The Labute approximate surface area is 102 Å². The van der Waals surface area contributed by atoms with E-state index in [2.05, 4.69) is 5.10 Å². The first kappa shape index (κ1) is 12.5. The van der Waals surface area contributed by atoms with Gasteiger partial charge in [0.25, 0.3) is 0 Å². The summed E-state index contributed by atoms with van der Waals surface area (Å²) in [6.07, 6.45) is -0.873. The van der Waals surface area contributed by atoms with Crippen molar-refractivity contribution < 1.29 is 17.9 Å². The van der Waals surface area contributed by atoms with E-state index in [9.17, 15) is 13.2 Å². The first-order chi connectivity index (χ1) is 8.55. The van der Waals surface area contributed by atoms with Crippen molar-refractivity contribution in [1.82, 2.24) is 9.78 Å². The van der Waals surface area contributed by atoms with Crippen molar-refractivity contribution >= 4 is 0 Å². The van der Waals surface area contributed by atoms with E-state index >= 15 is 0 Å². The molecule has 2 rings (SSSR count). The van der Waals surface area contributed by atoms with Crippen LogP contribution < -0.4 is 4.74 Å². The first-order valence-electron chi connectivity index (χ1n) is 5.33. The molecule has 18 heavy (non-hydrogen) atoms. The van der Waals surface area contributed by atoms with Gasteiger partial charge in [-0.3, -0.25) is 4.68 Å². The van der Waals surface area contributed by atoms with E-state index in [0.29, 0.717) is 18.9 Å². The van der Waals surface area contributed by atoms with Crippen LogP contribution in [0.2, 0.25) is 0 Å². The third-order valence-corrected chi connectivity index (χ3v) is 2.33. The predicted molar refractivity (Wildman–Crippen MR) is 59.2 cm³/mol. The maximum absolute atomic E-state index is 12.3. The Bertz CT molecular complexity index is 477. The zero-order valence-electron chi connectivity index (χ0n) is 9.39. The fourth-order valence-corrected chi connectivity index (χ4v) is 1.43. The fraction of sp³-hybridized carbons (Fsp3) is 0.250. The lowest BCUT2D eigenvalue weighted by atomic mass is 10.2. The minimum absolute atomic E-state index is 0.354. The van der Waals surface area contributed by atoms with Crippen LogP contribution in [0.4, 0.5) is 13.2 Å². The van der Waals surface area contributed by atoms with Crippen molar-refractivity contribution in [2.24, 2.45) is 0 Å². The molecule has 0 atom stereocenters. The Kier molecular flexibility index (Phi) is 3.55. The first-order valence-corrected chi connectivity index (χ1v) is 5.33. The number of aromatic nitrogens is 2. The average molecular weight is 256 g/mol. The van der Waals surface area contributed by atoms with Gasteiger partial charge >= 0.3 is 6.18 Å². The highest BCUT2D eigenvalue weighted by Gasteiger charge is 2.29. The molecule has 1 heterocycles. The second-order valence-electron chi connectivity index (χ2n) is 3.64. The molecule has 0 unspecified atom stereocenters. The van der Waals surface area contributed by atoms with Crippen molar-refractivity contribution in [3.05, 3.63) is 48.3 Å². The number of ether oxygens (including phenoxy) is 1. The lowest BCUT2D eigenvalue weighted by molar-refractivity contribution is -0.137. The maximum Gasteiger partial charge on any atom is 0.416 e. The van der Waals surface area contributed by atoms with E-state index in [4.69, 9.17) is 4.74 Å². The summed E-state index contributed by atoms with van der Waals surface area (Å²) in [7, 11) is 0. The molecule has 96 valence electrons. The molecule has 3 nitrogen and oxygen atoms in total. The summed E-state index contributed by atoms with van der Waals surface area (Å²) < 4.78 is 43.9. The van der Waals surface area contributed by atoms with Gasteiger partial charge in [-0.15, -0.1) is 0 Å². The number of rotatable bonds is 4. The number of alkyl halides is 3. The summed E-state index contributed by atoms with van der Waals surface area (Å²) in [5, 5.41) is 3.98. The van der Waals surface area contributed by atoms with Gasteiger partial charge in [0.05, 0.1) is 12.1 Å². The van der Waals surface area contributed by atoms with E-state index in [1.807, 2.05) is 0 Å². The highest BCUT2D eigenvalue weighted by Crippen LogP contribution is 2.30. The summed E-state index contributed by atoms with van der Waals surface area (Å²) >= 11 is 0. The number of hydrogen-bond acceptors (Lipinski definition) is 2. The Morgan fingerprint density at radius 2 is 1.89 bits per heavy atom. The molecule has 0 aliphatic carbocycles. The summed E-state index contributed by atoms with van der Waals surface area (Å²) in [4.78, 5) is 0. The highest BCUT2D eigenvalue weighted by molar-refractivity contribution is 5.28. The normalized spacial score (nSPS) is 11.5. The van der Waals surface area contributed by atoms with Crippen LogP contribution >= 0.6 is 0 Å². The van der Waals surface area contributed by atoms with Crippen molar-refractivity contribution in [2.75, 3.05) is 6.61 Å². The number of hydrogen-bond donors (Lipinski definition) is 0. The van der Waals surface area contributed by atoms with Gasteiger partial charge in [0.15, 0.2) is 0 Å². The molecule has 1 aromatic heterocycles. The molecule has 0 radical (unpaired) electrons. The molecule has 6 heteroatoms. The van der Waals surface area contributed by atoms with Crippen LogP contribution in [0, 0.1) is 0 Å². The van der Waals surface area contributed by atoms with Gasteiger partial charge in [0.2, 0.25) is 0 Å². The molecular formula is C12H11F3N2O. The standard InChI is InChI=1S/C12H11F3N2O/c13-12(14,15)10-2-4-11(5-3-10)18-9-8-17-7-1-6-16-17/h1-7H,8-9H2. The molecule has 0 saturated heterocycles. The zero-order valence-corrected chi connectivity index (χ0v) is 9.39. The zero-order chi connectivity index (χ0) is 13.0. The molecule has 0 spiro atoms. The second kappa shape index (κ2) is 5.12. The van der Waals surface area contributed by atoms with Crippen LogP contribution in [0.3, 0.4) is 0 Å². The Morgan fingerprint density at radius 3 is 2.44 bits per heavy atom. The molecule has 0 amide bonds. The van der Waals surface area contributed by atoms with Gasteiger partial charge in [-0.2, -0.15) is 18.3 Å². The number of benzene rings is 1. The lowest BCUT2D eigenvalue weighted by Crippen LogP contribution is -2.09. The van der Waals surface area contributed by atoms with Gasteiger partial charge < -0.3 is 4.74 Å². The smallest absolute Gasteiger partial charge is 0.416 e. The average Bonchev–Trinajstić information content (AvgIpc) is 2.82. The highest BCUT2D eigenvalue weighted by atomic mass is 19.4. The Morgan fingerprint density at radius 1 is 1.17 bits per heavy atom. The molecular weight excluding hydrogens is 245 g/mol. The van der Waals surface area contributed by atoms with E-state index in [0.717, 1.165) is 12.1 Å². The Hall–Kier alpha value is -1.98. The van der Waals surface area contributed by atoms with Gasteiger partial charge in [-0.05, 0) is 30.3 Å². The largest absolute Gasteiger partial charge is 0.492 e. The second-order valence-corrected chi connectivity index (χ2v) is 3.64. The van der Waals surface area contributed by atoms with Crippen molar-refractivity contribution in [3.8, 4) is 5.75 Å². The third kappa shape index (κ3) is 3.26. The fourth-order valence-electron chi connectivity index (χ4n) is 1.43. The molecule has 0 aliphatic heterocycles. The predicted octanol–water partition coefficient (Wildman–Crippen LogP) is 2.98. The molecule has 0 N–H and O–H groups in total. The third-order valence-electron chi connectivity index (χ3n) is 2.33. The molecule has 0 fully saturated rings. The van der Waals surface area contributed by atoms with Crippen LogP contribution in [0.15, 0.2) is 42.7 Å². The summed E-state index contributed by atoms with van der Waals surface area (Å²) in [5.74, 6) is 0.412. The summed E-state index contributed by atoms with van der Waals surface area (Å²) in [6, 6.07) is 6.42. The molecule has 0 bridgehead atoms. The maximum atomic E-state index is 12.3. The molecule has 1 aromatic carbocycles. The minimum Gasteiger partial charge on any atom is -0.492 e. The molecule has 0 saturated carbocycles. The SMILES string of the molecule is FC(F)(F)c1ccc(OCCn2cccn2)cc1. The topological polar surface area (TPSA) is 27.1 Å². The van der Waals surface area contributed by atoms with E-state index in [1.165, 1.54) is 12.1 Å². The quantitative estimate of drug-likeness (QED) is 0.840. The van der Waals surface area contributed by atoms with Crippen LogP contribution in [-0.2, 0) is 12.7 Å². The van der Waals surface area contributed by atoms with Gasteiger partial charge in [0.1, 0.15) is 12.4 Å².